The Morgan fingerprint density at radius 3 is 1.61 bits per heavy atom. The van der Waals surface area contributed by atoms with Crippen molar-refractivity contribution < 1.29 is 27.1 Å². The highest BCUT2D eigenvalue weighted by Crippen LogP contribution is 2.36. The summed E-state index contributed by atoms with van der Waals surface area (Å²) >= 11 is 0. The smallest absolute Gasteiger partial charge is 0.200 e. The molecule has 6 heteroatoms. The predicted octanol–water partition coefficient (Wildman–Crippen LogP) is 6.57. The number of rotatable bonds is 2. The molecule has 0 aliphatic rings. The lowest BCUT2D eigenvalue weighted by molar-refractivity contribution is 0.381. The second kappa shape index (κ2) is 6.64. The van der Waals surface area contributed by atoms with Gasteiger partial charge in [-0.15, -0.1) is 0 Å². The molecule has 1 N–H and O–H groups in total. The first-order valence-corrected chi connectivity index (χ1v) is 8.23. The Balaban J connectivity index is 1.85. The largest absolute Gasteiger partial charge is 0.507 e. The number of halogens is 5. The van der Waals surface area contributed by atoms with Crippen LogP contribution in [0.4, 0.5) is 22.0 Å². The van der Waals surface area contributed by atoms with Gasteiger partial charge in [0.2, 0.25) is 5.82 Å². The molecule has 0 spiro atoms. The van der Waals surface area contributed by atoms with Gasteiger partial charge in [0.15, 0.2) is 23.3 Å². The van der Waals surface area contributed by atoms with Crippen LogP contribution in [0.5, 0.6) is 5.75 Å². The van der Waals surface area contributed by atoms with E-state index in [0.29, 0.717) is 10.9 Å². The predicted molar refractivity (Wildman–Crippen MR) is 96.3 cm³/mol. The molecule has 0 aliphatic heterocycles. The van der Waals surface area contributed by atoms with E-state index in [2.05, 4.69) is 0 Å². The highest BCUT2D eigenvalue weighted by atomic mass is 19.2. The molecule has 0 aliphatic carbocycles. The van der Waals surface area contributed by atoms with Gasteiger partial charge in [0.05, 0.1) is 5.56 Å². The molecule has 0 amide bonds. The monoisotopic (exact) mass is 386 g/mol. The van der Waals surface area contributed by atoms with Crippen LogP contribution >= 0.6 is 0 Å². The third-order valence-corrected chi connectivity index (χ3v) is 4.60. The van der Waals surface area contributed by atoms with Gasteiger partial charge in [-0.1, -0.05) is 54.6 Å². The van der Waals surface area contributed by atoms with E-state index in [1.807, 2.05) is 6.07 Å². The van der Waals surface area contributed by atoms with Crippen molar-refractivity contribution in [3.8, 4) is 28.0 Å². The van der Waals surface area contributed by atoms with Crippen LogP contribution in [-0.4, -0.2) is 5.11 Å². The van der Waals surface area contributed by atoms with Crippen LogP contribution in [0.3, 0.4) is 0 Å². The fourth-order valence-corrected chi connectivity index (χ4v) is 3.21. The summed E-state index contributed by atoms with van der Waals surface area (Å²) in [6, 6.07) is 16.0. The highest BCUT2D eigenvalue weighted by molar-refractivity contribution is 6.00. The molecule has 0 bridgehead atoms. The summed E-state index contributed by atoms with van der Waals surface area (Å²) in [5.74, 6) is -9.80. The maximum Gasteiger partial charge on any atom is 0.200 e. The minimum atomic E-state index is -2.19. The Morgan fingerprint density at radius 2 is 1.00 bits per heavy atom. The normalized spacial score (nSPS) is 11.2. The van der Waals surface area contributed by atoms with Gasteiger partial charge in [0.1, 0.15) is 5.75 Å². The summed E-state index contributed by atoms with van der Waals surface area (Å²) in [5, 5.41) is 11.4. The number of benzene rings is 4. The summed E-state index contributed by atoms with van der Waals surface area (Å²) in [6.07, 6.45) is 0. The number of hydrogen-bond donors (Lipinski definition) is 1. The molecule has 4 rings (SSSR count). The van der Waals surface area contributed by atoms with Crippen LogP contribution < -0.4 is 0 Å². The molecule has 140 valence electrons. The molecule has 0 heterocycles. The number of phenolic OH excluding ortho intramolecular Hbond substituents is 1. The van der Waals surface area contributed by atoms with Crippen LogP contribution in [0.2, 0.25) is 0 Å². The van der Waals surface area contributed by atoms with E-state index >= 15 is 0 Å². The summed E-state index contributed by atoms with van der Waals surface area (Å²) in [7, 11) is 0. The van der Waals surface area contributed by atoms with Crippen molar-refractivity contribution in [3.05, 3.63) is 89.7 Å². The number of phenols is 1. The van der Waals surface area contributed by atoms with E-state index in [1.165, 1.54) is 30.3 Å². The molecule has 0 atom stereocenters. The molecule has 4 aromatic rings. The van der Waals surface area contributed by atoms with Crippen molar-refractivity contribution in [2.75, 3.05) is 0 Å². The number of aromatic hydroxyl groups is 1. The highest BCUT2D eigenvalue weighted by Gasteiger charge is 2.26. The Labute approximate surface area is 156 Å². The van der Waals surface area contributed by atoms with Crippen LogP contribution in [-0.2, 0) is 0 Å². The fraction of sp³-hybridized carbons (Fsp3) is 0. The fourth-order valence-electron chi connectivity index (χ4n) is 3.21. The SMILES string of the molecule is Oc1ccc(-c2ccc(-c3c(F)c(F)c(F)c(F)c3F)cc2)c2ccccc12. The van der Waals surface area contributed by atoms with E-state index in [-0.39, 0.29) is 11.3 Å². The van der Waals surface area contributed by atoms with Gasteiger partial charge in [-0.25, -0.2) is 22.0 Å². The second-order valence-corrected chi connectivity index (χ2v) is 6.20. The van der Waals surface area contributed by atoms with Gasteiger partial charge in [-0.05, 0) is 28.1 Å². The van der Waals surface area contributed by atoms with Crippen molar-refractivity contribution in [1.29, 1.82) is 0 Å². The second-order valence-electron chi connectivity index (χ2n) is 6.20. The first-order chi connectivity index (χ1) is 13.4. The molecular weight excluding hydrogens is 375 g/mol. The van der Waals surface area contributed by atoms with Gasteiger partial charge >= 0.3 is 0 Å². The average molecular weight is 386 g/mol. The Hall–Kier alpha value is -3.41. The lowest BCUT2D eigenvalue weighted by Gasteiger charge is -2.11. The molecule has 28 heavy (non-hydrogen) atoms. The van der Waals surface area contributed by atoms with Crippen molar-refractivity contribution in [3.63, 3.8) is 0 Å². The first-order valence-electron chi connectivity index (χ1n) is 8.23. The zero-order valence-corrected chi connectivity index (χ0v) is 14.1. The zero-order chi connectivity index (χ0) is 20.0. The van der Waals surface area contributed by atoms with Crippen LogP contribution in [0, 0.1) is 29.1 Å². The molecule has 0 radical (unpaired) electrons. The first kappa shape index (κ1) is 18.0. The summed E-state index contributed by atoms with van der Waals surface area (Å²) in [5.41, 5.74) is 0.291. The molecular formula is C22H11F5O. The van der Waals surface area contributed by atoms with Gasteiger partial charge in [-0.3, -0.25) is 0 Å². The summed E-state index contributed by atoms with van der Waals surface area (Å²) in [6.45, 7) is 0. The Morgan fingerprint density at radius 1 is 0.500 bits per heavy atom. The molecule has 0 fully saturated rings. The van der Waals surface area contributed by atoms with Crippen molar-refractivity contribution >= 4 is 10.8 Å². The average Bonchev–Trinajstić information content (AvgIpc) is 2.72. The van der Waals surface area contributed by atoms with E-state index < -0.39 is 34.6 Å². The molecule has 1 nitrogen and oxygen atoms in total. The van der Waals surface area contributed by atoms with Crippen molar-refractivity contribution in [2.45, 2.75) is 0 Å². The molecule has 4 aromatic carbocycles. The van der Waals surface area contributed by atoms with Gasteiger partial charge < -0.3 is 5.11 Å². The lowest BCUT2D eigenvalue weighted by Crippen LogP contribution is -2.03. The standard InChI is InChI=1S/C22H11F5O/c23-18-17(19(24)21(26)22(27)20(18)25)12-7-5-11(6-8-12)13-9-10-16(28)15-4-2-1-3-14(13)15/h1-10,28H. The summed E-state index contributed by atoms with van der Waals surface area (Å²) in [4.78, 5) is 0. The minimum absolute atomic E-state index is 0.109. The van der Waals surface area contributed by atoms with E-state index in [1.54, 1.807) is 24.3 Å². The number of hydrogen-bond acceptors (Lipinski definition) is 1. The van der Waals surface area contributed by atoms with Crippen molar-refractivity contribution in [1.82, 2.24) is 0 Å². The van der Waals surface area contributed by atoms with E-state index in [4.69, 9.17) is 0 Å². The molecule has 0 saturated heterocycles. The Kier molecular flexibility index (Phi) is 4.26. The number of fused-ring (bicyclic) bond motifs is 1. The van der Waals surface area contributed by atoms with Crippen molar-refractivity contribution in [2.24, 2.45) is 0 Å². The molecule has 0 unspecified atom stereocenters. The van der Waals surface area contributed by atoms with Gasteiger partial charge in [0, 0.05) is 5.39 Å². The maximum atomic E-state index is 14.0. The lowest BCUT2D eigenvalue weighted by atomic mass is 9.95. The third-order valence-electron chi connectivity index (χ3n) is 4.60. The maximum absolute atomic E-state index is 14.0. The minimum Gasteiger partial charge on any atom is -0.507 e. The van der Waals surface area contributed by atoms with Crippen LogP contribution in [0.1, 0.15) is 0 Å². The Bertz CT molecular complexity index is 1190. The van der Waals surface area contributed by atoms with Crippen LogP contribution in [0.15, 0.2) is 60.7 Å². The molecule has 0 aromatic heterocycles. The quantitative estimate of drug-likeness (QED) is 0.235. The zero-order valence-electron chi connectivity index (χ0n) is 14.1. The van der Waals surface area contributed by atoms with Gasteiger partial charge in [0.25, 0.3) is 0 Å². The van der Waals surface area contributed by atoms with E-state index in [0.717, 1.165) is 10.9 Å². The molecule has 0 saturated carbocycles. The summed E-state index contributed by atoms with van der Waals surface area (Å²) < 4.78 is 68.2. The van der Waals surface area contributed by atoms with E-state index in [9.17, 15) is 27.1 Å². The third kappa shape index (κ3) is 2.69. The topological polar surface area (TPSA) is 20.2 Å². The van der Waals surface area contributed by atoms with Gasteiger partial charge in [-0.2, -0.15) is 0 Å². The van der Waals surface area contributed by atoms with Crippen LogP contribution in [0.25, 0.3) is 33.0 Å².